The Morgan fingerprint density at radius 2 is 2.20 bits per heavy atom. The molecule has 3 amide bonds. The molecule has 3 rings (SSSR count). The van der Waals surface area contributed by atoms with Crippen molar-refractivity contribution in [2.45, 2.75) is 22.7 Å². The number of rotatable bonds is 5. The van der Waals surface area contributed by atoms with E-state index >= 15 is 0 Å². The van der Waals surface area contributed by atoms with Crippen LogP contribution in [0.4, 0.5) is 4.79 Å². The lowest BCUT2D eigenvalue weighted by atomic mass is 10.0. The molecule has 12 heteroatoms. The molecule has 1 fully saturated rings. The first-order valence-electron chi connectivity index (χ1n) is 7.23. The maximum atomic E-state index is 12.3. The highest BCUT2D eigenvalue weighted by Crippen LogP contribution is 2.41. The average Bonchev–Trinajstić information content (AvgIpc) is 3.01. The summed E-state index contributed by atoms with van der Waals surface area (Å²) in [6.07, 6.45) is 0. The number of aliphatic carboxylic acids is 1. The van der Waals surface area contributed by atoms with Crippen LogP contribution in [0.2, 0.25) is 0 Å². The number of thioether (sulfide) groups is 2. The fraction of sp³-hybridized carbons (Fsp3) is 0.462. The van der Waals surface area contributed by atoms with E-state index in [1.807, 2.05) is 6.92 Å². The van der Waals surface area contributed by atoms with Gasteiger partial charge in [0.1, 0.15) is 22.1 Å². The van der Waals surface area contributed by atoms with Crippen LogP contribution in [0.1, 0.15) is 5.01 Å². The maximum Gasteiger partial charge on any atom is 0.352 e. The second-order valence-corrected chi connectivity index (χ2v) is 8.75. The monoisotopic (exact) mass is 401 g/mol. The van der Waals surface area contributed by atoms with E-state index in [1.165, 1.54) is 46.8 Å². The van der Waals surface area contributed by atoms with E-state index in [1.54, 1.807) is 0 Å². The van der Waals surface area contributed by atoms with Crippen LogP contribution in [-0.2, 0) is 9.59 Å². The summed E-state index contributed by atoms with van der Waals surface area (Å²) in [4.78, 5) is 36.7. The van der Waals surface area contributed by atoms with Crippen LogP contribution < -0.4 is 10.6 Å². The second kappa shape index (κ2) is 7.22. The number of urea groups is 1. The van der Waals surface area contributed by atoms with Crippen molar-refractivity contribution in [2.24, 2.45) is 0 Å². The Morgan fingerprint density at radius 3 is 2.80 bits per heavy atom. The number of nitrogens with one attached hydrogen (secondary N) is 2. The number of amides is 3. The molecule has 0 saturated carbocycles. The summed E-state index contributed by atoms with van der Waals surface area (Å²) in [6.45, 7) is 1.85. The van der Waals surface area contributed by atoms with Crippen LogP contribution in [0.5, 0.6) is 0 Å². The summed E-state index contributed by atoms with van der Waals surface area (Å²) < 4.78 is 0.760. The van der Waals surface area contributed by atoms with E-state index in [0.29, 0.717) is 17.1 Å². The summed E-state index contributed by atoms with van der Waals surface area (Å²) in [5.41, 5.74) is 0.677. The number of aromatic nitrogens is 2. The molecule has 0 spiro atoms. The molecule has 0 bridgehead atoms. The number of β-lactam (4-membered cyclic amide) rings is 1. The highest BCUT2D eigenvalue weighted by Gasteiger charge is 2.54. The van der Waals surface area contributed by atoms with Gasteiger partial charge in [0, 0.05) is 18.6 Å². The normalized spacial score (nSPS) is 22.3. The highest BCUT2D eigenvalue weighted by atomic mass is 32.2. The van der Waals surface area contributed by atoms with Crippen LogP contribution in [0, 0.1) is 6.92 Å². The van der Waals surface area contributed by atoms with Crippen LogP contribution in [0.3, 0.4) is 0 Å². The van der Waals surface area contributed by atoms with Gasteiger partial charge in [-0.1, -0.05) is 23.1 Å². The van der Waals surface area contributed by atoms with Gasteiger partial charge in [-0.05, 0) is 12.5 Å². The fourth-order valence-electron chi connectivity index (χ4n) is 2.49. The predicted molar refractivity (Wildman–Crippen MR) is 94.5 cm³/mol. The summed E-state index contributed by atoms with van der Waals surface area (Å²) in [5.74, 6) is -0.645. The molecule has 1 aromatic heterocycles. The number of hydrogen-bond acceptors (Lipinski definition) is 8. The van der Waals surface area contributed by atoms with Gasteiger partial charge in [0.05, 0.1) is 0 Å². The zero-order valence-corrected chi connectivity index (χ0v) is 15.8. The molecule has 3 heterocycles. The first kappa shape index (κ1) is 18.0. The molecule has 134 valence electrons. The Bertz CT molecular complexity index is 765. The number of carbonyl (C=O) groups excluding carboxylic acids is 2. The van der Waals surface area contributed by atoms with Crippen molar-refractivity contribution in [3.63, 3.8) is 0 Å². The number of fused-ring (bicyclic) bond motifs is 1. The minimum atomic E-state index is -1.14. The number of carboxylic acid groups (broad SMARTS) is 1. The van der Waals surface area contributed by atoms with E-state index in [0.717, 1.165) is 9.35 Å². The predicted octanol–water partition coefficient (Wildman–Crippen LogP) is 0.490. The lowest BCUT2D eigenvalue weighted by Gasteiger charge is -2.49. The van der Waals surface area contributed by atoms with Crippen molar-refractivity contribution in [1.82, 2.24) is 25.7 Å². The standard InChI is InChI=1S/C13H15N5O4S3/c1-5-16-17-13(25-5)24-4-6-3-23-10-7(15-12(22)14-2)9(19)18(10)8(6)11(20)21/h7,10H,3-4H2,1-2H3,(H,20,21)(H2,14,15,22)/t7?,10-/m0/s1. The Kier molecular flexibility index (Phi) is 5.20. The molecule has 25 heavy (non-hydrogen) atoms. The first-order chi connectivity index (χ1) is 11.9. The first-order valence-corrected chi connectivity index (χ1v) is 10.1. The van der Waals surface area contributed by atoms with E-state index in [9.17, 15) is 19.5 Å². The van der Waals surface area contributed by atoms with E-state index in [-0.39, 0.29) is 5.70 Å². The molecule has 1 unspecified atom stereocenters. The number of carbonyl (C=O) groups is 3. The third-order valence-electron chi connectivity index (χ3n) is 3.64. The molecule has 3 N–H and O–H groups in total. The third kappa shape index (κ3) is 3.46. The van der Waals surface area contributed by atoms with Gasteiger partial charge in [0.25, 0.3) is 5.91 Å². The topological polar surface area (TPSA) is 125 Å². The molecule has 2 aliphatic rings. The highest BCUT2D eigenvalue weighted by molar-refractivity contribution is 8.01. The van der Waals surface area contributed by atoms with Crippen molar-refractivity contribution in [2.75, 3.05) is 18.6 Å². The van der Waals surface area contributed by atoms with Gasteiger partial charge in [-0.25, -0.2) is 9.59 Å². The molecule has 0 aromatic carbocycles. The van der Waals surface area contributed by atoms with Crippen molar-refractivity contribution in [3.8, 4) is 0 Å². The van der Waals surface area contributed by atoms with Crippen LogP contribution in [0.25, 0.3) is 0 Å². The smallest absolute Gasteiger partial charge is 0.352 e. The summed E-state index contributed by atoms with van der Waals surface area (Å²) in [7, 11) is 1.46. The van der Waals surface area contributed by atoms with Gasteiger partial charge < -0.3 is 15.7 Å². The van der Waals surface area contributed by atoms with Crippen molar-refractivity contribution >= 4 is 52.8 Å². The summed E-state index contributed by atoms with van der Waals surface area (Å²) in [5, 5.41) is 22.9. The van der Waals surface area contributed by atoms with Crippen molar-refractivity contribution < 1.29 is 19.5 Å². The molecular weight excluding hydrogens is 386 g/mol. The van der Waals surface area contributed by atoms with E-state index in [4.69, 9.17) is 0 Å². The number of aryl methyl sites for hydroxylation is 1. The molecule has 1 saturated heterocycles. The van der Waals surface area contributed by atoms with Gasteiger partial charge in [0.15, 0.2) is 4.34 Å². The largest absolute Gasteiger partial charge is 0.477 e. The Balaban J connectivity index is 1.76. The molecule has 0 aliphatic carbocycles. The summed E-state index contributed by atoms with van der Waals surface area (Å²) in [6, 6.07) is -1.17. The Morgan fingerprint density at radius 1 is 1.44 bits per heavy atom. The lowest BCUT2D eigenvalue weighted by molar-refractivity contribution is -0.148. The third-order valence-corrected chi connectivity index (χ3v) is 7.04. The van der Waals surface area contributed by atoms with Gasteiger partial charge in [-0.3, -0.25) is 9.69 Å². The zero-order valence-electron chi connectivity index (χ0n) is 13.3. The molecule has 0 radical (unpaired) electrons. The van der Waals surface area contributed by atoms with Crippen LogP contribution in [0.15, 0.2) is 15.6 Å². The van der Waals surface area contributed by atoms with Gasteiger partial charge in [0.2, 0.25) is 0 Å². The number of hydrogen-bond donors (Lipinski definition) is 3. The number of nitrogens with zero attached hydrogens (tertiary/aromatic N) is 3. The minimum absolute atomic E-state index is 0.0115. The molecule has 2 atom stereocenters. The van der Waals surface area contributed by atoms with Crippen molar-refractivity contribution in [1.29, 1.82) is 0 Å². The molecule has 9 nitrogen and oxygen atoms in total. The van der Waals surface area contributed by atoms with Gasteiger partial charge in [-0.2, -0.15) is 0 Å². The van der Waals surface area contributed by atoms with Crippen LogP contribution >= 0.6 is 34.9 Å². The van der Waals surface area contributed by atoms with E-state index in [2.05, 4.69) is 20.8 Å². The Hall–Kier alpha value is -1.79. The average molecular weight is 401 g/mol. The van der Waals surface area contributed by atoms with Crippen molar-refractivity contribution in [3.05, 3.63) is 16.3 Å². The molecule has 2 aliphatic heterocycles. The lowest BCUT2D eigenvalue weighted by Crippen LogP contribution is -2.71. The Labute approximate surface area is 155 Å². The number of carboxylic acids is 1. The SMILES string of the molecule is CNC(=O)NC1C(=O)N2C(C(=O)O)=C(CSc3nnc(C)s3)CS[C@@H]12. The summed E-state index contributed by atoms with van der Waals surface area (Å²) >= 11 is 4.29. The maximum absolute atomic E-state index is 12.3. The fourth-order valence-corrected chi connectivity index (χ4v) is 5.79. The van der Waals surface area contributed by atoms with Gasteiger partial charge in [-0.15, -0.1) is 22.0 Å². The van der Waals surface area contributed by atoms with Crippen LogP contribution in [-0.4, -0.2) is 68.1 Å². The minimum Gasteiger partial charge on any atom is -0.477 e. The van der Waals surface area contributed by atoms with E-state index < -0.39 is 29.3 Å². The second-order valence-electron chi connectivity index (χ2n) is 5.24. The zero-order chi connectivity index (χ0) is 18.1. The molecule has 1 aromatic rings. The molecular formula is C13H15N5O4S3. The quantitative estimate of drug-likeness (QED) is 0.481. The van der Waals surface area contributed by atoms with Gasteiger partial charge >= 0.3 is 12.0 Å².